The number of terminal acetylenes is 1. The number of alkyl halides is 2. The fraction of sp³-hybridized carbons (Fsp3) is 0.263. The molecule has 0 spiro atoms. The third-order valence-electron chi connectivity index (χ3n) is 3.36. The average molecular weight is 331 g/mol. The SMILES string of the molecule is C#Cc1ccc(OCc2ccc(CN(C)CC(O)(F)F)cc2)cc1. The number of rotatable bonds is 7. The summed E-state index contributed by atoms with van der Waals surface area (Å²) in [6, 6.07) is 14.7. The van der Waals surface area contributed by atoms with Crippen molar-refractivity contribution < 1.29 is 18.6 Å². The molecule has 0 aliphatic rings. The van der Waals surface area contributed by atoms with Crippen LogP contribution in [0.15, 0.2) is 48.5 Å². The number of ether oxygens (including phenoxy) is 1. The molecule has 126 valence electrons. The summed E-state index contributed by atoms with van der Waals surface area (Å²) in [6.45, 7) is 0.0244. The summed E-state index contributed by atoms with van der Waals surface area (Å²) < 4.78 is 30.7. The molecule has 2 rings (SSSR count). The van der Waals surface area contributed by atoms with E-state index in [4.69, 9.17) is 16.3 Å². The van der Waals surface area contributed by atoms with E-state index in [1.54, 1.807) is 0 Å². The van der Waals surface area contributed by atoms with Crippen molar-refractivity contribution in [2.75, 3.05) is 13.6 Å². The number of likely N-dealkylation sites (N-methyl/N-ethyl adjacent to an activating group) is 1. The van der Waals surface area contributed by atoms with E-state index >= 15 is 0 Å². The van der Waals surface area contributed by atoms with Gasteiger partial charge in [0.15, 0.2) is 0 Å². The number of hydrogen-bond acceptors (Lipinski definition) is 3. The summed E-state index contributed by atoms with van der Waals surface area (Å²) in [4.78, 5) is 1.36. The fourth-order valence-corrected chi connectivity index (χ4v) is 2.25. The lowest BCUT2D eigenvalue weighted by molar-refractivity contribution is -0.208. The van der Waals surface area contributed by atoms with Gasteiger partial charge in [-0.3, -0.25) is 4.90 Å². The predicted molar refractivity (Wildman–Crippen MR) is 88.7 cm³/mol. The summed E-state index contributed by atoms with van der Waals surface area (Å²) in [7, 11) is 1.53. The van der Waals surface area contributed by atoms with Crippen molar-refractivity contribution in [2.24, 2.45) is 0 Å². The first-order valence-corrected chi connectivity index (χ1v) is 7.42. The van der Waals surface area contributed by atoms with E-state index in [9.17, 15) is 8.78 Å². The van der Waals surface area contributed by atoms with Gasteiger partial charge in [0, 0.05) is 12.1 Å². The Morgan fingerprint density at radius 1 is 1.08 bits per heavy atom. The Morgan fingerprint density at radius 2 is 1.67 bits per heavy atom. The molecule has 2 aromatic carbocycles. The first kappa shape index (κ1) is 17.9. The third-order valence-corrected chi connectivity index (χ3v) is 3.36. The second-order valence-electron chi connectivity index (χ2n) is 5.61. The van der Waals surface area contributed by atoms with E-state index in [2.05, 4.69) is 5.92 Å². The summed E-state index contributed by atoms with van der Waals surface area (Å²) in [5.41, 5.74) is 2.64. The first-order chi connectivity index (χ1) is 11.4. The highest BCUT2D eigenvalue weighted by atomic mass is 19.3. The zero-order chi connectivity index (χ0) is 17.6. The van der Waals surface area contributed by atoms with Gasteiger partial charge >= 0.3 is 6.11 Å². The molecule has 0 aliphatic heterocycles. The number of hydrogen-bond donors (Lipinski definition) is 1. The first-order valence-electron chi connectivity index (χ1n) is 7.42. The Kier molecular flexibility index (Phi) is 5.91. The van der Waals surface area contributed by atoms with Crippen LogP contribution in [0.5, 0.6) is 5.75 Å². The maximum atomic E-state index is 12.5. The monoisotopic (exact) mass is 331 g/mol. The van der Waals surface area contributed by atoms with E-state index in [0.717, 1.165) is 22.4 Å². The summed E-state index contributed by atoms with van der Waals surface area (Å²) >= 11 is 0. The molecule has 0 saturated carbocycles. The van der Waals surface area contributed by atoms with Crippen molar-refractivity contribution in [1.29, 1.82) is 0 Å². The Hall–Kier alpha value is -2.42. The van der Waals surface area contributed by atoms with Gasteiger partial charge in [0.1, 0.15) is 12.4 Å². The summed E-state index contributed by atoms with van der Waals surface area (Å²) in [6.07, 6.45) is 1.61. The highest BCUT2D eigenvalue weighted by Crippen LogP contribution is 2.15. The molecule has 0 atom stereocenters. The van der Waals surface area contributed by atoms with Crippen LogP contribution in [0.2, 0.25) is 0 Å². The highest BCUT2D eigenvalue weighted by Gasteiger charge is 2.26. The average Bonchev–Trinajstić information content (AvgIpc) is 2.53. The van der Waals surface area contributed by atoms with Crippen LogP contribution in [0, 0.1) is 12.3 Å². The maximum absolute atomic E-state index is 12.5. The molecule has 2 aromatic rings. The Labute approximate surface area is 140 Å². The largest absolute Gasteiger partial charge is 0.489 e. The van der Waals surface area contributed by atoms with Gasteiger partial charge in [-0.25, -0.2) is 0 Å². The van der Waals surface area contributed by atoms with Gasteiger partial charge in [0.2, 0.25) is 0 Å². The maximum Gasteiger partial charge on any atom is 0.366 e. The number of nitrogens with zero attached hydrogens (tertiary/aromatic N) is 1. The van der Waals surface area contributed by atoms with E-state index in [-0.39, 0.29) is 0 Å². The van der Waals surface area contributed by atoms with E-state index < -0.39 is 12.7 Å². The van der Waals surface area contributed by atoms with E-state index in [0.29, 0.717) is 13.2 Å². The van der Waals surface area contributed by atoms with Gasteiger partial charge in [-0.05, 0) is 42.4 Å². The second-order valence-corrected chi connectivity index (χ2v) is 5.61. The third kappa shape index (κ3) is 5.99. The minimum atomic E-state index is -3.68. The molecule has 0 saturated heterocycles. The van der Waals surface area contributed by atoms with Crippen LogP contribution in [0.4, 0.5) is 8.78 Å². The van der Waals surface area contributed by atoms with Crippen molar-refractivity contribution in [3.8, 4) is 18.1 Å². The Bertz CT molecular complexity index is 685. The van der Waals surface area contributed by atoms with Gasteiger partial charge in [-0.1, -0.05) is 30.2 Å². The van der Waals surface area contributed by atoms with Gasteiger partial charge in [-0.15, -0.1) is 6.42 Å². The quantitative estimate of drug-likeness (QED) is 0.791. The standard InChI is InChI=1S/C19H19F2NO2/c1-3-15-8-10-18(11-9-15)24-13-17-6-4-16(5-7-17)12-22(2)14-19(20,21)23/h1,4-11,23H,12-14H2,2H3. The molecule has 24 heavy (non-hydrogen) atoms. The van der Waals surface area contributed by atoms with Crippen molar-refractivity contribution in [3.05, 3.63) is 65.2 Å². The van der Waals surface area contributed by atoms with Crippen LogP contribution in [0.25, 0.3) is 0 Å². The van der Waals surface area contributed by atoms with Crippen LogP contribution in [0.3, 0.4) is 0 Å². The van der Waals surface area contributed by atoms with Crippen molar-refractivity contribution in [1.82, 2.24) is 4.90 Å². The molecule has 0 radical (unpaired) electrons. The zero-order valence-corrected chi connectivity index (χ0v) is 13.4. The molecule has 0 aliphatic carbocycles. The fourth-order valence-electron chi connectivity index (χ4n) is 2.25. The van der Waals surface area contributed by atoms with Crippen molar-refractivity contribution in [2.45, 2.75) is 19.3 Å². The van der Waals surface area contributed by atoms with Gasteiger partial charge < -0.3 is 9.84 Å². The highest BCUT2D eigenvalue weighted by molar-refractivity contribution is 5.36. The topological polar surface area (TPSA) is 32.7 Å². The molecule has 0 heterocycles. The minimum absolute atomic E-state index is 0.324. The molecule has 3 nitrogen and oxygen atoms in total. The van der Waals surface area contributed by atoms with Gasteiger partial charge in [0.25, 0.3) is 0 Å². The van der Waals surface area contributed by atoms with Crippen molar-refractivity contribution in [3.63, 3.8) is 0 Å². The number of halogens is 2. The molecule has 0 unspecified atom stereocenters. The van der Waals surface area contributed by atoms with E-state index in [1.165, 1.54) is 11.9 Å². The smallest absolute Gasteiger partial charge is 0.366 e. The summed E-state index contributed by atoms with van der Waals surface area (Å²) in [5, 5.41) is 8.52. The van der Waals surface area contributed by atoms with Crippen LogP contribution >= 0.6 is 0 Å². The van der Waals surface area contributed by atoms with Gasteiger partial charge in [-0.2, -0.15) is 8.78 Å². The summed E-state index contributed by atoms with van der Waals surface area (Å²) in [5.74, 6) is 3.27. The zero-order valence-electron chi connectivity index (χ0n) is 13.4. The van der Waals surface area contributed by atoms with Gasteiger partial charge in [0.05, 0.1) is 6.54 Å². The molecular formula is C19H19F2NO2. The van der Waals surface area contributed by atoms with Crippen LogP contribution in [-0.4, -0.2) is 29.7 Å². The Balaban J connectivity index is 1.86. The molecular weight excluding hydrogens is 312 g/mol. The van der Waals surface area contributed by atoms with Crippen molar-refractivity contribution >= 4 is 0 Å². The van der Waals surface area contributed by atoms with E-state index in [1.807, 2.05) is 48.5 Å². The lowest BCUT2D eigenvalue weighted by Gasteiger charge is -2.19. The molecule has 0 fully saturated rings. The second kappa shape index (κ2) is 7.91. The molecule has 0 bridgehead atoms. The normalized spacial score (nSPS) is 11.3. The van der Waals surface area contributed by atoms with Crippen LogP contribution < -0.4 is 4.74 Å². The number of aliphatic hydroxyl groups is 1. The molecule has 1 N–H and O–H groups in total. The molecule has 0 aromatic heterocycles. The van der Waals surface area contributed by atoms with Crippen LogP contribution in [0.1, 0.15) is 16.7 Å². The van der Waals surface area contributed by atoms with Crippen LogP contribution in [-0.2, 0) is 13.2 Å². The lowest BCUT2D eigenvalue weighted by atomic mass is 10.1. The Morgan fingerprint density at radius 3 is 2.21 bits per heavy atom. The molecule has 5 heteroatoms. The number of benzene rings is 2. The predicted octanol–water partition coefficient (Wildman–Crippen LogP) is 3.26. The lowest BCUT2D eigenvalue weighted by Crippen LogP contribution is -2.33. The molecule has 0 amide bonds. The minimum Gasteiger partial charge on any atom is -0.489 e.